The number of benzene rings is 1. The van der Waals surface area contributed by atoms with Gasteiger partial charge in [-0.3, -0.25) is 9.78 Å². The standard InChI is InChI=1S/C14H12BrNO2/c15-12-3-1-2-11(9-12)13(14(17)18)8-10-4-6-16-7-5-10/h1-7,9,13H,8H2,(H,17,18). The highest BCUT2D eigenvalue weighted by molar-refractivity contribution is 9.10. The van der Waals surface area contributed by atoms with Gasteiger partial charge in [0.1, 0.15) is 0 Å². The number of rotatable bonds is 4. The maximum absolute atomic E-state index is 11.4. The lowest BCUT2D eigenvalue weighted by Gasteiger charge is -2.13. The molecule has 0 bridgehead atoms. The van der Waals surface area contributed by atoms with E-state index in [2.05, 4.69) is 20.9 Å². The van der Waals surface area contributed by atoms with Gasteiger partial charge in [0, 0.05) is 16.9 Å². The SMILES string of the molecule is O=C(O)C(Cc1ccncc1)c1cccc(Br)c1. The van der Waals surface area contributed by atoms with Gasteiger partial charge in [0.05, 0.1) is 5.92 Å². The highest BCUT2D eigenvalue weighted by atomic mass is 79.9. The van der Waals surface area contributed by atoms with Crippen molar-refractivity contribution < 1.29 is 9.90 Å². The van der Waals surface area contributed by atoms with E-state index in [-0.39, 0.29) is 0 Å². The lowest BCUT2D eigenvalue weighted by molar-refractivity contribution is -0.138. The molecule has 18 heavy (non-hydrogen) atoms. The lowest BCUT2D eigenvalue weighted by Crippen LogP contribution is -2.14. The first kappa shape index (κ1) is 12.8. The minimum absolute atomic E-state index is 0.467. The highest BCUT2D eigenvalue weighted by Gasteiger charge is 2.20. The van der Waals surface area contributed by atoms with E-state index in [0.29, 0.717) is 6.42 Å². The number of hydrogen-bond acceptors (Lipinski definition) is 2. The van der Waals surface area contributed by atoms with Gasteiger partial charge in [-0.05, 0) is 41.8 Å². The molecule has 0 saturated carbocycles. The number of pyridine rings is 1. The third-order valence-electron chi connectivity index (χ3n) is 2.74. The van der Waals surface area contributed by atoms with Crippen molar-refractivity contribution in [2.75, 3.05) is 0 Å². The van der Waals surface area contributed by atoms with Crippen LogP contribution in [-0.4, -0.2) is 16.1 Å². The molecule has 1 N–H and O–H groups in total. The van der Waals surface area contributed by atoms with Crippen molar-refractivity contribution >= 4 is 21.9 Å². The van der Waals surface area contributed by atoms with Gasteiger partial charge in [0.25, 0.3) is 0 Å². The van der Waals surface area contributed by atoms with Crippen LogP contribution in [0.1, 0.15) is 17.0 Å². The molecule has 1 aromatic carbocycles. The fraction of sp³-hybridized carbons (Fsp3) is 0.143. The first-order valence-corrected chi connectivity index (χ1v) is 6.33. The third-order valence-corrected chi connectivity index (χ3v) is 3.23. The fourth-order valence-corrected chi connectivity index (χ4v) is 2.24. The van der Waals surface area contributed by atoms with Gasteiger partial charge in [-0.2, -0.15) is 0 Å². The van der Waals surface area contributed by atoms with Crippen molar-refractivity contribution in [3.63, 3.8) is 0 Å². The molecule has 2 aromatic rings. The van der Waals surface area contributed by atoms with Crippen molar-refractivity contribution in [1.82, 2.24) is 4.98 Å². The predicted octanol–water partition coefficient (Wildman–Crippen LogP) is 3.26. The summed E-state index contributed by atoms with van der Waals surface area (Å²) in [4.78, 5) is 15.3. The van der Waals surface area contributed by atoms with Crippen LogP contribution < -0.4 is 0 Å². The van der Waals surface area contributed by atoms with Crippen LogP contribution in [0.4, 0.5) is 0 Å². The van der Waals surface area contributed by atoms with Crippen LogP contribution in [-0.2, 0) is 11.2 Å². The first-order chi connectivity index (χ1) is 8.66. The molecule has 0 radical (unpaired) electrons. The van der Waals surface area contributed by atoms with Crippen LogP contribution in [0.5, 0.6) is 0 Å². The number of aliphatic carboxylic acids is 1. The second kappa shape index (κ2) is 5.78. The quantitative estimate of drug-likeness (QED) is 0.943. The number of halogens is 1. The number of carboxylic acid groups (broad SMARTS) is 1. The zero-order chi connectivity index (χ0) is 13.0. The molecular formula is C14H12BrNO2. The van der Waals surface area contributed by atoms with E-state index < -0.39 is 11.9 Å². The summed E-state index contributed by atoms with van der Waals surface area (Å²) >= 11 is 3.36. The third kappa shape index (κ3) is 3.17. The molecule has 0 saturated heterocycles. The van der Waals surface area contributed by atoms with Gasteiger partial charge in [-0.25, -0.2) is 0 Å². The second-order valence-corrected chi connectivity index (χ2v) is 4.92. The smallest absolute Gasteiger partial charge is 0.311 e. The van der Waals surface area contributed by atoms with Crippen LogP contribution >= 0.6 is 15.9 Å². The molecular weight excluding hydrogens is 294 g/mol. The fourth-order valence-electron chi connectivity index (χ4n) is 1.83. The molecule has 0 fully saturated rings. The number of nitrogens with zero attached hydrogens (tertiary/aromatic N) is 1. The van der Waals surface area contributed by atoms with Crippen molar-refractivity contribution in [3.05, 3.63) is 64.4 Å². The topological polar surface area (TPSA) is 50.2 Å². The molecule has 2 rings (SSSR count). The Morgan fingerprint density at radius 2 is 2.00 bits per heavy atom. The summed E-state index contributed by atoms with van der Waals surface area (Å²) in [6.07, 6.45) is 3.82. The summed E-state index contributed by atoms with van der Waals surface area (Å²) in [7, 11) is 0. The van der Waals surface area contributed by atoms with Gasteiger partial charge in [-0.15, -0.1) is 0 Å². The number of carbonyl (C=O) groups is 1. The lowest BCUT2D eigenvalue weighted by atomic mass is 9.92. The molecule has 1 heterocycles. The van der Waals surface area contributed by atoms with E-state index in [0.717, 1.165) is 15.6 Å². The average Bonchev–Trinajstić information content (AvgIpc) is 2.37. The van der Waals surface area contributed by atoms with E-state index in [4.69, 9.17) is 0 Å². The Kier molecular flexibility index (Phi) is 4.10. The van der Waals surface area contributed by atoms with Gasteiger partial charge in [0.15, 0.2) is 0 Å². The Morgan fingerprint density at radius 1 is 1.28 bits per heavy atom. The largest absolute Gasteiger partial charge is 0.481 e. The Bertz CT molecular complexity index is 543. The summed E-state index contributed by atoms with van der Waals surface area (Å²) in [5.74, 6) is -1.35. The molecule has 3 nitrogen and oxygen atoms in total. The van der Waals surface area contributed by atoms with Gasteiger partial charge in [-0.1, -0.05) is 28.1 Å². The zero-order valence-corrected chi connectivity index (χ0v) is 11.2. The van der Waals surface area contributed by atoms with E-state index in [1.54, 1.807) is 12.4 Å². The van der Waals surface area contributed by atoms with E-state index >= 15 is 0 Å². The van der Waals surface area contributed by atoms with Gasteiger partial charge < -0.3 is 5.11 Å². The molecule has 1 unspecified atom stereocenters. The Morgan fingerprint density at radius 3 is 2.61 bits per heavy atom. The Labute approximate surface area is 114 Å². The normalized spacial score (nSPS) is 12.1. The monoisotopic (exact) mass is 305 g/mol. The van der Waals surface area contributed by atoms with Crippen LogP contribution in [0.2, 0.25) is 0 Å². The molecule has 4 heteroatoms. The van der Waals surface area contributed by atoms with Gasteiger partial charge in [0.2, 0.25) is 0 Å². The molecule has 92 valence electrons. The summed E-state index contributed by atoms with van der Waals surface area (Å²) < 4.78 is 0.890. The van der Waals surface area contributed by atoms with E-state index in [9.17, 15) is 9.90 Å². The maximum atomic E-state index is 11.4. The number of carboxylic acids is 1. The maximum Gasteiger partial charge on any atom is 0.311 e. The minimum atomic E-state index is -0.815. The number of hydrogen-bond donors (Lipinski definition) is 1. The van der Waals surface area contributed by atoms with Crippen molar-refractivity contribution in [3.8, 4) is 0 Å². The minimum Gasteiger partial charge on any atom is -0.481 e. The zero-order valence-electron chi connectivity index (χ0n) is 9.58. The summed E-state index contributed by atoms with van der Waals surface area (Å²) in [6.45, 7) is 0. The summed E-state index contributed by atoms with van der Waals surface area (Å²) in [5, 5.41) is 9.35. The summed E-state index contributed by atoms with van der Waals surface area (Å²) in [5.41, 5.74) is 1.77. The molecule has 0 aliphatic heterocycles. The van der Waals surface area contributed by atoms with Crippen molar-refractivity contribution in [2.24, 2.45) is 0 Å². The van der Waals surface area contributed by atoms with E-state index in [1.807, 2.05) is 36.4 Å². The van der Waals surface area contributed by atoms with Crippen molar-refractivity contribution in [2.45, 2.75) is 12.3 Å². The average molecular weight is 306 g/mol. The predicted molar refractivity (Wildman–Crippen MR) is 72.5 cm³/mol. The molecule has 0 spiro atoms. The first-order valence-electron chi connectivity index (χ1n) is 5.54. The second-order valence-electron chi connectivity index (χ2n) is 4.01. The van der Waals surface area contributed by atoms with Crippen LogP contribution in [0.25, 0.3) is 0 Å². The Balaban J connectivity index is 2.27. The molecule has 0 amide bonds. The molecule has 1 aromatic heterocycles. The van der Waals surface area contributed by atoms with Crippen molar-refractivity contribution in [1.29, 1.82) is 0 Å². The molecule has 1 atom stereocenters. The van der Waals surface area contributed by atoms with E-state index in [1.165, 1.54) is 0 Å². The van der Waals surface area contributed by atoms with Crippen LogP contribution in [0.3, 0.4) is 0 Å². The highest BCUT2D eigenvalue weighted by Crippen LogP contribution is 2.24. The van der Waals surface area contributed by atoms with Crippen LogP contribution in [0.15, 0.2) is 53.3 Å². The van der Waals surface area contributed by atoms with Gasteiger partial charge >= 0.3 is 5.97 Å². The number of aromatic nitrogens is 1. The summed E-state index contributed by atoms with van der Waals surface area (Å²) in [6, 6.07) is 11.1. The Hall–Kier alpha value is -1.68. The van der Waals surface area contributed by atoms with Crippen LogP contribution in [0, 0.1) is 0 Å². The molecule has 0 aliphatic carbocycles. The molecule has 0 aliphatic rings.